The number of benzene rings is 2. The van der Waals surface area contributed by atoms with Crippen molar-refractivity contribution in [3.8, 4) is 0 Å². The van der Waals surface area contributed by atoms with E-state index < -0.39 is 29.0 Å². The Kier molecular flexibility index (Phi) is 5.59. The Morgan fingerprint density at radius 1 is 1.03 bits per heavy atom. The highest BCUT2D eigenvalue weighted by atomic mass is 32.2. The fraction of sp³-hybridized carbons (Fsp3) is 0.348. The Labute approximate surface area is 195 Å². The van der Waals surface area contributed by atoms with Crippen LogP contribution in [0.25, 0.3) is 15.9 Å². The number of aromatic amines is 1. The first-order valence-corrected chi connectivity index (χ1v) is 11.6. The Morgan fingerprint density at radius 2 is 1.76 bits per heavy atom. The molecule has 5 rings (SSSR count). The second-order valence-electron chi connectivity index (χ2n) is 8.32. The highest BCUT2D eigenvalue weighted by Gasteiger charge is 2.41. The molecule has 0 spiro atoms. The van der Waals surface area contributed by atoms with Gasteiger partial charge in [-0.1, -0.05) is 42.1 Å². The van der Waals surface area contributed by atoms with Gasteiger partial charge in [0.05, 0.1) is 28.1 Å². The number of aromatic nitrogens is 2. The molecule has 0 saturated carbocycles. The van der Waals surface area contributed by atoms with Crippen LogP contribution in [0.2, 0.25) is 0 Å². The van der Waals surface area contributed by atoms with E-state index in [0.29, 0.717) is 19.0 Å². The molecule has 3 heterocycles. The highest BCUT2D eigenvalue weighted by molar-refractivity contribution is 8.09. The number of alkyl halides is 6. The quantitative estimate of drug-likeness (QED) is 0.393. The first-order chi connectivity index (χ1) is 16.0. The largest absolute Gasteiger partial charge is 0.418 e. The molecule has 0 aliphatic carbocycles. The number of thioether (sulfide) groups is 1. The molecule has 34 heavy (non-hydrogen) atoms. The summed E-state index contributed by atoms with van der Waals surface area (Å²) in [5, 5.41) is 4.12. The maximum Gasteiger partial charge on any atom is 0.418 e. The van der Waals surface area contributed by atoms with Gasteiger partial charge in [-0.2, -0.15) is 26.3 Å². The van der Waals surface area contributed by atoms with E-state index in [4.69, 9.17) is 0 Å². The Hall–Kier alpha value is -2.66. The minimum atomic E-state index is -4.96. The number of hydrogen-bond donors (Lipinski definition) is 1. The molecule has 2 atom stereocenters. The fourth-order valence-corrected chi connectivity index (χ4v) is 5.60. The number of hydrogen-bond acceptors (Lipinski definition) is 4. The van der Waals surface area contributed by atoms with Gasteiger partial charge in [-0.3, -0.25) is 5.01 Å². The molecule has 4 nitrogen and oxygen atoms in total. The molecule has 1 saturated heterocycles. The van der Waals surface area contributed by atoms with E-state index in [-0.39, 0.29) is 28.8 Å². The van der Waals surface area contributed by atoms with Gasteiger partial charge in [-0.05, 0) is 37.5 Å². The SMILES string of the molecule is CC1SC(c2ccccc2)=CN1N1CCCC1c1nc2c(C(F)(F)F)cc(C(F)(F)F)cc2[nH]1. The second-order valence-corrected chi connectivity index (χ2v) is 9.67. The molecule has 2 unspecified atom stereocenters. The minimum absolute atomic E-state index is 0.0442. The van der Waals surface area contributed by atoms with Crippen molar-refractivity contribution >= 4 is 27.7 Å². The van der Waals surface area contributed by atoms with Gasteiger partial charge in [0.1, 0.15) is 11.3 Å². The lowest BCUT2D eigenvalue weighted by Crippen LogP contribution is -2.41. The van der Waals surface area contributed by atoms with Crippen molar-refractivity contribution in [3.05, 3.63) is 71.2 Å². The number of nitrogens with zero attached hydrogens (tertiary/aromatic N) is 3. The van der Waals surface area contributed by atoms with E-state index in [0.717, 1.165) is 16.9 Å². The molecule has 0 amide bonds. The molecular formula is C23H20F6N4S. The summed E-state index contributed by atoms with van der Waals surface area (Å²) in [5.41, 5.74) is -2.44. The predicted octanol–water partition coefficient (Wildman–Crippen LogP) is 7.05. The number of nitrogens with one attached hydrogen (secondary N) is 1. The maximum atomic E-state index is 13.6. The number of H-pyrrole nitrogens is 1. The molecule has 2 aromatic carbocycles. The van der Waals surface area contributed by atoms with Crippen molar-refractivity contribution < 1.29 is 26.3 Å². The van der Waals surface area contributed by atoms with Crippen LogP contribution in [0.3, 0.4) is 0 Å². The molecule has 0 radical (unpaired) electrons. The molecule has 0 bridgehead atoms. The van der Waals surface area contributed by atoms with Crippen molar-refractivity contribution in [2.45, 2.75) is 43.5 Å². The molecule has 1 fully saturated rings. The van der Waals surface area contributed by atoms with Crippen molar-refractivity contribution in [1.82, 2.24) is 20.0 Å². The lowest BCUT2D eigenvalue weighted by atomic mass is 10.1. The summed E-state index contributed by atoms with van der Waals surface area (Å²) in [6.45, 7) is 2.69. The fourth-order valence-electron chi connectivity index (χ4n) is 4.50. The van der Waals surface area contributed by atoms with Gasteiger partial charge in [0.15, 0.2) is 0 Å². The van der Waals surface area contributed by atoms with E-state index in [9.17, 15) is 26.3 Å². The van der Waals surface area contributed by atoms with Crippen LogP contribution >= 0.6 is 11.8 Å². The topological polar surface area (TPSA) is 35.2 Å². The van der Waals surface area contributed by atoms with Crippen molar-refractivity contribution in [1.29, 1.82) is 0 Å². The van der Waals surface area contributed by atoms with Crippen LogP contribution < -0.4 is 0 Å². The third-order valence-corrected chi connectivity index (χ3v) is 7.20. The molecule has 1 aromatic heterocycles. The first kappa shape index (κ1) is 23.1. The monoisotopic (exact) mass is 498 g/mol. The molecule has 180 valence electrons. The average molecular weight is 498 g/mol. The number of imidazole rings is 1. The summed E-state index contributed by atoms with van der Waals surface area (Å²) < 4.78 is 80.6. The summed E-state index contributed by atoms with van der Waals surface area (Å²) in [5.74, 6) is 0.232. The lowest BCUT2D eigenvalue weighted by Gasteiger charge is -2.35. The summed E-state index contributed by atoms with van der Waals surface area (Å²) in [6, 6.07) is 10.3. The van der Waals surface area contributed by atoms with Gasteiger partial charge in [0.2, 0.25) is 0 Å². The van der Waals surface area contributed by atoms with Gasteiger partial charge in [0, 0.05) is 17.6 Å². The van der Waals surface area contributed by atoms with Crippen LogP contribution in [-0.4, -0.2) is 31.9 Å². The third-order valence-electron chi connectivity index (χ3n) is 6.05. The molecule has 2 aliphatic rings. The molecule has 11 heteroatoms. The van der Waals surface area contributed by atoms with Crippen LogP contribution in [0.4, 0.5) is 26.3 Å². The predicted molar refractivity (Wildman–Crippen MR) is 118 cm³/mol. The van der Waals surface area contributed by atoms with E-state index in [2.05, 4.69) is 9.97 Å². The normalized spacial score (nSPS) is 22.1. The zero-order valence-corrected chi connectivity index (χ0v) is 18.7. The van der Waals surface area contributed by atoms with Crippen LogP contribution in [-0.2, 0) is 12.4 Å². The lowest BCUT2D eigenvalue weighted by molar-refractivity contribution is -0.142. The van der Waals surface area contributed by atoms with E-state index >= 15 is 0 Å². The smallest absolute Gasteiger partial charge is 0.341 e. The van der Waals surface area contributed by atoms with Gasteiger partial charge >= 0.3 is 12.4 Å². The average Bonchev–Trinajstić information content (AvgIpc) is 3.49. The number of halogens is 6. The Morgan fingerprint density at radius 3 is 2.44 bits per heavy atom. The molecule has 1 N–H and O–H groups in total. The summed E-state index contributed by atoms with van der Waals surface area (Å²) >= 11 is 1.67. The van der Waals surface area contributed by atoms with Gasteiger partial charge in [-0.15, -0.1) is 0 Å². The zero-order chi connectivity index (χ0) is 24.3. The standard InChI is InChI=1S/C23H20F6N4S/c1-13-33(12-19(34-13)14-6-3-2-4-7-14)32-9-5-8-18(32)21-30-17-11-15(22(24,25)26)10-16(20(17)31-21)23(27,28)29/h2-4,6-7,10-13,18H,5,8-9H2,1H3,(H,30,31). The zero-order valence-electron chi connectivity index (χ0n) is 17.9. The summed E-state index contributed by atoms with van der Waals surface area (Å²) in [4.78, 5) is 8.00. The Balaban J connectivity index is 1.53. The first-order valence-electron chi connectivity index (χ1n) is 10.7. The number of hydrazine groups is 1. The maximum absolute atomic E-state index is 13.6. The third kappa shape index (κ3) is 4.15. The van der Waals surface area contributed by atoms with Crippen LogP contribution in [0, 0.1) is 0 Å². The summed E-state index contributed by atoms with van der Waals surface area (Å²) in [6.07, 6.45) is -6.46. The molecule has 2 aliphatic heterocycles. The minimum Gasteiger partial charge on any atom is -0.341 e. The van der Waals surface area contributed by atoms with Gasteiger partial charge < -0.3 is 4.98 Å². The van der Waals surface area contributed by atoms with Crippen molar-refractivity contribution in [2.24, 2.45) is 0 Å². The Bertz CT molecular complexity index is 1230. The van der Waals surface area contributed by atoms with Gasteiger partial charge in [0.25, 0.3) is 0 Å². The van der Waals surface area contributed by atoms with E-state index in [1.165, 1.54) is 0 Å². The van der Waals surface area contributed by atoms with Crippen molar-refractivity contribution in [2.75, 3.05) is 6.54 Å². The molecular weight excluding hydrogens is 478 g/mol. The highest BCUT2D eigenvalue weighted by Crippen LogP contribution is 2.45. The molecule has 3 aromatic rings. The van der Waals surface area contributed by atoms with Crippen molar-refractivity contribution in [3.63, 3.8) is 0 Å². The van der Waals surface area contributed by atoms with E-state index in [1.807, 2.05) is 53.5 Å². The van der Waals surface area contributed by atoms with E-state index in [1.54, 1.807) is 11.8 Å². The van der Waals surface area contributed by atoms with Gasteiger partial charge in [-0.25, -0.2) is 9.99 Å². The summed E-state index contributed by atoms with van der Waals surface area (Å²) in [7, 11) is 0. The second kappa shape index (κ2) is 8.23. The van der Waals surface area contributed by atoms with Crippen LogP contribution in [0.5, 0.6) is 0 Å². The van der Waals surface area contributed by atoms with Crippen LogP contribution in [0.15, 0.2) is 48.7 Å². The van der Waals surface area contributed by atoms with Crippen LogP contribution in [0.1, 0.15) is 48.3 Å². The number of rotatable bonds is 3. The number of fused-ring (bicyclic) bond motifs is 1.